The molecule has 0 saturated carbocycles. The molecule has 4 rings (SSSR count). The second-order valence-electron chi connectivity index (χ2n) is 4.43. The number of benzene rings is 2. The number of phenolic OH excluding ortho intramolecular Hbond substituents is 1. The van der Waals surface area contributed by atoms with E-state index in [4.69, 9.17) is 9.47 Å². The van der Waals surface area contributed by atoms with E-state index in [1.54, 1.807) is 6.07 Å². The molecule has 0 fully saturated rings. The molecule has 0 atom stereocenters. The Hall–Kier alpha value is -2.62. The van der Waals surface area contributed by atoms with E-state index in [0.717, 1.165) is 28.1 Å². The number of phenols is 1. The van der Waals surface area contributed by atoms with Crippen LogP contribution in [0.25, 0.3) is 16.6 Å². The van der Waals surface area contributed by atoms with E-state index in [0.29, 0.717) is 0 Å². The zero-order chi connectivity index (χ0) is 12.8. The van der Waals surface area contributed by atoms with Crippen molar-refractivity contribution in [2.75, 3.05) is 6.79 Å². The van der Waals surface area contributed by atoms with Crippen molar-refractivity contribution in [1.29, 1.82) is 0 Å². The summed E-state index contributed by atoms with van der Waals surface area (Å²) in [5.74, 6) is 1.81. The van der Waals surface area contributed by atoms with Gasteiger partial charge in [-0.05, 0) is 30.3 Å². The number of hydrogen-bond donors (Lipinski definition) is 1. The molecule has 1 aliphatic heterocycles. The van der Waals surface area contributed by atoms with Gasteiger partial charge in [-0.15, -0.1) is 0 Å². The summed E-state index contributed by atoms with van der Waals surface area (Å²) in [7, 11) is 0. The summed E-state index contributed by atoms with van der Waals surface area (Å²) in [6.07, 6.45) is 1.93. The van der Waals surface area contributed by atoms with Crippen molar-refractivity contribution in [2.24, 2.45) is 0 Å². The minimum Gasteiger partial charge on any atom is -0.507 e. The Morgan fingerprint density at radius 1 is 1.00 bits per heavy atom. The predicted molar refractivity (Wildman–Crippen MR) is 71.1 cm³/mol. The van der Waals surface area contributed by atoms with Gasteiger partial charge in [-0.3, -0.25) is 0 Å². The monoisotopic (exact) mass is 253 g/mol. The first-order chi connectivity index (χ1) is 9.33. The Bertz CT molecular complexity index is 776. The molecule has 0 amide bonds. The van der Waals surface area contributed by atoms with Crippen LogP contribution in [0.2, 0.25) is 0 Å². The van der Waals surface area contributed by atoms with Gasteiger partial charge in [0.05, 0.1) is 5.52 Å². The van der Waals surface area contributed by atoms with Crippen molar-refractivity contribution < 1.29 is 14.6 Å². The van der Waals surface area contributed by atoms with Crippen LogP contribution in [0.1, 0.15) is 0 Å². The molecular weight excluding hydrogens is 242 g/mol. The lowest BCUT2D eigenvalue weighted by molar-refractivity contribution is 0.174. The number of rotatable bonds is 1. The molecule has 0 spiro atoms. The Balaban J connectivity index is 1.93. The number of fused-ring (bicyclic) bond motifs is 2. The maximum absolute atomic E-state index is 9.83. The standard InChI is InChI=1S/C15H11NO3/c17-13-3-1-2-12-11(13)6-7-16(12)10-4-5-14-15(8-10)19-9-18-14/h1-8,17H,9H2. The summed E-state index contributed by atoms with van der Waals surface area (Å²) in [6, 6.07) is 13.2. The highest BCUT2D eigenvalue weighted by Crippen LogP contribution is 2.35. The molecule has 2 heterocycles. The molecule has 0 radical (unpaired) electrons. The summed E-state index contributed by atoms with van der Waals surface area (Å²) in [5.41, 5.74) is 1.93. The zero-order valence-corrected chi connectivity index (χ0v) is 10.0. The van der Waals surface area contributed by atoms with Gasteiger partial charge >= 0.3 is 0 Å². The number of hydrogen-bond acceptors (Lipinski definition) is 3. The van der Waals surface area contributed by atoms with Gasteiger partial charge in [0.2, 0.25) is 6.79 Å². The Morgan fingerprint density at radius 3 is 2.84 bits per heavy atom. The van der Waals surface area contributed by atoms with Crippen molar-refractivity contribution in [1.82, 2.24) is 4.57 Å². The van der Waals surface area contributed by atoms with E-state index in [1.165, 1.54) is 0 Å². The van der Waals surface area contributed by atoms with Gasteiger partial charge in [0.1, 0.15) is 5.75 Å². The van der Waals surface area contributed by atoms with Crippen LogP contribution in [-0.2, 0) is 0 Å². The van der Waals surface area contributed by atoms with Crippen LogP contribution < -0.4 is 9.47 Å². The molecule has 1 N–H and O–H groups in total. The molecule has 19 heavy (non-hydrogen) atoms. The predicted octanol–water partition coefficient (Wildman–Crippen LogP) is 3.06. The third-order valence-corrected chi connectivity index (χ3v) is 3.34. The highest BCUT2D eigenvalue weighted by Gasteiger charge is 2.14. The van der Waals surface area contributed by atoms with Gasteiger partial charge in [0.15, 0.2) is 11.5 Å². The van der Waals surface area contributed by atoms with Crippen molar-refractivity contribution in [3.8, 4) is 22.9 Å². The van der Waals surface area contributed by atoms with Crippen LogP contribution in [0, 0.1) is 0 Å². The molecule has 0 unspecified atom stereocenters. The number of aromatic nitrogens is 1. The molecule has 0 saturated heterocycles. The minimum atomic E-state index is 0.270. The Labute approximate surface area is 109 Å². The van der Waals surface area contributed by atoms with Crippen molar-refractivity contribution in [3.63, 3.8) is 0 Å². The summed E-state index contributed by atoms with van der Waals surface area (Å²) in [4.78, 5) is 0. The lowest BCUT2D eigenvalue weighted by atomic mass is 10.2. The molecule has 3 aromatic rings. The zero-order valence-electron chi connectivity index (χ0n) is 10.0. The van der Waals surface area contributed by atoms with E-state index in [2.05, 4.69) is 0 Å². The molecule has 2 aromatic carbocycles. The van der Waals surface area contributed by atoms with Crippen LogP contribution >= 0.6 is 0 Å². The first kappa shape index (κ1) is 10.3. The van der Waals surface area contributed by atoms with Gasteiger partial charge in [0, 0.05) is 23.3 Å². The molecule has 0 bridgehead atoms. The first-order valence-electron chi connectivity index (χ1n) is 6.02. The fraction of sp³-hybridized carbons (Fsp3) is 0.0667. The van der Waals surface area contributed by atoms with Crippen LogP contribution in [0.5, 0.6) is 17.2 Å². The third-order valence-electron chi connectivity index (χ3n) is 3.34. The summed E-state index contributed by atoms with van der Waals surface area (Å²) < 4.78 is 12.7. The van der Waals surface area contributed by atoms with E-state index >= 15 is 0 Å². The van der Waals surface area contributed by atoms with E-state index in [1.807, 2.05) is 47.2 Å². The van der Waals surface area contributed by atoms with Gasteiger partial charge in [-0.25, -0.2) is 0 Å². The van der Waals surface area contributed by atoms with Crippen LogP contribution in [0.4, 0.5) is 0 Å². The fourth-order valence-electron chi connectivity index (χ4n) is 2.41. The van der Waals surface area contributed by atoms with E-state index in [-0.39, 0.29) is 12.5 Å². The Kier molecular flexibility index (Phi) is 2.00. The van der Waals surface area contributed by atoms with Gasteiger partial charge in [0.25, 0.3) is 0 Å². The van der Waals surface area contributed by atoms with Crippen molar-refractivity contribution in [3.05, 3.63) is 48.7 Å². The highest BCUT2D eigenvalue weighted by molar-refractivity contribution is 5.87. The SMILES string of the molecule is Oc1cccc2c1ccn2-c1ccc2c(c1)OCO2. The Morgan fingerprint density at radius 2 is 1.89 bits per heavy atom. The largest absolute Gasteiger partial charge is 0.507 e. The average molecular weight is 253 g/mol. The summed E-state index contributed by atoms with van der Waals surface area (Å²) in [6.45, 7) is 0.270. The molecule has 1 aliphatic rings. The molecule has 94 valence electrons. The molecule has 1 aromatic heterocycles. The van der Waals surface area contributed by atoms with E-state index in [9.17, 15) is 5.11 Å². The van der Waals surface area contributed by atoms with Crippen LogP contribution in [0.3, 0.4) is 0 Å². The highest BCUT2D eigenvalue weighted by atomic mass is 16.7. The van der Waals surface area contributed by atoms with Gasteiger partial charge in [-0.2, -0.15) is 0 Å². The number of ether oxygens (including phenoxy) is 2. The quantitative estimate of drug-likeness (QED) is 0.724. The van der Waals surface area contributed by atoms with Crippen molar-refractivity contribution in [2.45, 2.75) is 0 Å². The van der Waals surface area contributed by atoms with Crippen LogP contribution in [0.15, 0.2) is 48.7 Å². The number of aromatic hydroxyl groups is 1. The topological polar surface area (TPSA) is 43.6 Å². The smallest absolute Gasteiger partial charge is 0.231 e. The third kappa shape index (κ3) is 1.46. The van der Waals surface area contributed by atoms with Gasteiger partial charge in [-0.1, -0.05) is 6.07 Å². The van der Waals surface area contributed by atoms with Crippen LogP contribution in [-0.4, -0.2) is 16.5 Å². The second kappa shape index (κ2) is 3.68. The molecule has 0 aliphatic carbocycles. The van der Waals surface area contributed by atoms with Gasteiger partial charge < -0.3 is 19.1 Å². The number of nitrogens with zero attached hydrogens (tertiary/aromatic N) is 1. The summed E-state index contributed by atoms with van der Waals surface area (Å²) >= 11 is 0. The lowest BCUT2D eigenvalue weighted by Crippen LogP contribution is -1.93. The maximum Gasteiger partial charge on any atom is 0.231 e. The van der Waals surface area contributed by atoms with E-state index < -0.39 is 0 Å². The van der Waals surface area contributed by atoms with Crippen molar-refractivity contribution >= 4 is 10.9 Å². The first-order valence-corrected chi connectivity index (χ1v) is 6.02. The lowest BCUT2D eigenvalue weighted by Gasteiger charge is -2.06. The fourth-order valence-corrected chi connectivity index (χ4v) is 2.41. The molecule has 4 nitrogen and oxygen atoms in total. The second-order valence-corrected chi connectivity index (χ2v) is 4.43. The molecular formula is C15H11NO3. The molecule has 4 heteroatoms. The normalized spacial score (nSPS) is 13.1. The average Bonchev–Trinajstić information content (AvgIpc) is 3.04. The maximum atomic E-state index is 9.83. The summed E-state index contributed by atoms with van der Waals surface area (Å²) in [5, 5.41) is 10.7. The minimum absolute atomic E-state index is 0.270.